The Balaban J connectivity index is 2.45. The van der Waals surface area contributed by atoms with E-state index in [9.17, 15) is 4.79 Å². The van der Waals surface area contributed by atoms with Crippen molar-refractivity contribution in [1.82, 2.24) is 4.90 Å². The third-order valence-corrected chi connectivity index (χ3v) is 4.45. The van der Waals surface area contributed by atoms with Gasteiger partial charge in [-0.2, -0.15) is 0 Å². The van der Waals surface area contributed by atoms with Gasteiger partial charge in [-0.05, 0) is 31.5 Å². The van der Waals surface area contributed by atoms with Crippen LogP contribution < -0.4 is 5.73 Å². The number of carbonyl (C=O) groups is 1. The van der Waals surface area contributed by atoms with Gasteiger partial charge in [0.25, 0.3) is 5.91 Å². The second-order valence-corrected chi connectivity index (χ2v) is 5.86. The molecule has 19 heavy (non-hydrogen) atoms. The van der Waals surface area contributed by atoms with Crippen molar-refractivity contribution in [3.8, 4) is 0 Å². The molecule has 1 heterocycles. The molecule has 0 radical (unpaired) electrons. The van der Waals surface area contributed by atoms with E-state index in [0.29, 0.717) is 22.1 Å². The molecule has 102 valence electrons. The van der Waals surface area contributed by atoms with E-state index in [1.165, 1.54) is 11.3 Å². The van der Waals surface area contributed by atoms with Crippen molar-refractivity contribution >= 4 is 44.6 Å². The number of hydrogen-bond acceptors (Lipinski definition) is 3. The fourth-order valence-electron chi connectivity index (χ4n) is 2.06. The van der Waals surface area contributed by atoms with Crippen LogP contribution >= 0.6 is 22.9 Å². The molecule has 0 aliphatic rings. The van der Waals surface area contributed by atoms with Crippen LogP contribution in [0.5, 0.6) is 0 Å². The van der Waals surface area contributed by atoms with Crippen LogP contribution in [0.4, 0.5) is 5.69 Å². The first-order valence-corrected chi connectivity index (χ1v) is 7.54. The van der Waals surface area contributed by atoms with Crippen molar-refractivity contribution < 1.29 is 4.79 Å². The molecule has 5 heteroatoms. The number of fused-ring (bicyclic) bond motifs is 1. The van der Waals surface area contributed by atoms with Gasteiger partial charge in [0.1, 0.15) is 4.88 Å². The Hall–Kier alpha value is -1.26. The third kappa shape index (κ3) is 2.69. The highest BCUT2D eigenvalue weighted by atomic mass is 35.5. The predicted molar refractivity (Wildman–Crippen MR) is 83.1 cm³/mol. The topological polar surface area (TPSA) is 46.3 Å². The number of anilines is 1. The zero-order valence-electron chi connectivity index (χ0n) is 11.1. The summed E-state index contributed by atoms with van der Waals surface area (Å²) in [7, 11) is 0. The molecule has 2 N–H and O–H groups in total. The van der Waals surface area contributed by atoms with Gasteiger partial charge < -0.3 is 10.6 Å². The van der Waals surface area contributed by atoms with E-state index in [2.05, 4.69) is 6.92 Å². The summed E-state index contributed by atoms with van der Waals surface area (Å²) in [6.45, 7) is 5.49. The summed E-state index contributed by atoms with van der Waals surface area (Å²) in [6.07, 6.45) is 0.941. The molecule has 1 aromatic heterocycles. The molecule has 0 saturated carbocycles. The zero-order valence-corrected chi connectivity index (χ0v) is 12.6. The Kier molecular flexibility index (Phi) is 4.32. The molecular formula is C14H17ClN2OS. The first-order chi connectivity index (χ1) is 9.08. The van der Waals surface area contributed by atoms with E-state index in [1.54, 1.807) is 0 Å². The van der Waals surface area contributed by atoms with Gasteiger partial charge in [0, 0.05) is 28.2 Å². The summed E-state index contributed by atoms with van der Waals surface area (Å²) in [4.78, 5) is 14.9. The molecule has 0 aliphatic heterocycles. The maximum Gasteiger partial charge on any atom is 0.266 e. The molecule has 0 spiro atoms. The zero-order chi connectivity index (χ0) is 14.0. The summed E-state index contributed by atoms with van der Waals surface area (Å²) in [5.41, 5.74) is 6.65. The molecule has 3 nitrogen and oxygen atoms in total. The lowest BCUT2D eigenvalue weighted by molar-refractivity contribution is 0.0770. The Labute approximate surface area is 122 Å². The largest absolute Gasteiger partial charge is 0.397 e. The Bertz CT molecular complexity index is 609. The van der Waals surface area contributed by atoms with Crippen molar-refractivity contribution in [1.29, 1.82) is 0 Å². The molecule has 1 amide bonds. The molecule has 0 unspecified atom stereocenters. The summed E-state index contributed by atoms with van der Waals surface area (Å²) in [5, 5.41) is 1.50. The first-order valence-electron chi connectivity index (χ1n) is 6.35. The van der Waals surface area contributed by atoms with E-state index in [0.717, 1.165) is 23.1 Å². The van der Waals surface area contributed by atoms with E-state index >= 15 is 0 Å². The molecule has 2 rings (SSSR count). The fourth-order valence-corrected chi connectivity index (χ4v) is 3.31. The SMILES string of the molecule is CCCN(CC)C(=O)c1sc2ccc(Cl)cc2c1N. The molecular weight excluding hydrogens is 280 g/mol. The minimum atomic E-state index is 0.0131. The highest BCUT2D eigenvalue weighted by Crippen LogP contribution is 2.35. The highest BCUT2D eigenvalue weighted by molar-refractivity contribution is 7.21. The van der Waals surface area contributed by atoms with Gasteiger partial charge in [-0.1, -0.05) is 18.5 Å². The molecule has 0 aliphatic carbocycles. The second-order valence-electron chi connectivity index (χ2n) is 4.37. The van der Waals surface area contributed by atoms with Crippen LogP contribution in [0.1, 0.15) is 29.9 Å². The Morgan fingerprint density at radius 1 is 1.42 bits per heavy atom. The number of nitrogen functional groups attached to an aromatic ring is 1. The first kappa shape index (κ1) is 14.2. The van der Waals surface area contributed by atoms with Crippen LogP contribution in [0.3, 0.4) is 0 Å². The van der Waals surface area contributed by atoms with Gasteiger partial charge in [0.15, 0.2) is 0 Å². The van der Waals surface area contributed by atoms with Crippen LogP contribution in [-0.2, 0) is 0 Å². The number of hydrogen-bond donors (Lipinski definition) is 1. The average Bonchev–Trinajstić information content (AvgIpc) is 2.72. The lowest BCUT2D eigenvalue weighted by atomic mass is 10.2. The number of nitrogens with zero attached hydrogens (tertiary/aromatic N) is 1. The van der Waals surface area contributed by atoms with Crippen LogP contribution in [0, 0.1) is 0 Å². The molecule has 0 atom stereocenters. The second kappa shape index (κ2) is 5.80. The van der Waals surface area contributed by atoms with E-state index in [4.69, 9.17) is 17.3 Å². The van der Waals surface area contributed by atoms with Crippen LogP contribution in [0.15, 0.2) is 18.2 Å². The van der Waals surface area contributed by atoms with Crippen molar-refractivity contribution in [2.45, 2.75) is 20.3 Å². The number of benzene rings is 1. The minimum Gasteiger partial charge on any atom is -0.397 e. The number of carbonyl (C=O) groups excluding carboxylic acids is 1. The minimum absolute atomic E-state index is 0.0131. The summed E-state index contributed by atoms with van der Waals surface area (Å²) in [6, 6.07) is 5.54. The summed E-state index contributed by atoms with van der Waals surface area (Å²) >= 11 is 7.41. The molecule has 2 aromatic rings. The molecule has 0 saturated heterocycles. The highest BCUT2D eigenvalue weighted by Gasteiger charge is 2.20. The van der Waals surface area contributed by atoms with Gasteiger partial charge in [-0.15, -0.1) is 11.3 Å². The van der Waals surface area contributed by atoms with Crippen LogP contribution in [0.25, 0.3) is 10.1 Å². The maximum absolute atomic E-state index is 12.5. The molecule has 1 aromatic carbocycles. The van der Waals surface area contributed by atoms with Gasteiger partial charge in [0.2, 0.25) is 0 Å². The number of nitrogens with two attached hydrogens (primary N) is 1. The molecule has 0 fully saturated rings. The van der Waals surface area contributed by atoms with Crippen molar-refractivity contribution in [3.63, 3.8) is 0 Å². The number of rotatable bonds is 4. The standard InChI is InChI=1S/C14H17ClN2OS/c1-3-7-17(4-2)14(18)13-12(16)10-8-9(15)5-6-11(10)19-13/h5-6,8H,3-4,7,16H2,1-2H3. The fraction of sp³-hybridized carbons (Fsp3) is 0.357. The Morgan fingerprint density at radius 3 is 2.79 bits per heavy atom. The lowest BCUT2D eigenvalue weighted by Gasteiger charge is -2.19. The smallest absolute Gasteiger partial charge is 0.266 e. The van der Waals surface area contributed by atoms with Crippen LogP contribution in [-0.4, -0.2) is 23.9 Å². The van der Waals surface area contributed by atoms with Crippen molar-refractivity contribution in [2.24, 2.45) is 0 Å². The quantitative estimate of drug-likeness (QED) is 0.926. The van der Waals surface area contributed by atoms with Gasteiger partial charge >= 0.3 is 0 Å². The van der Waals surface area contributed by atoms with E-state index in [-0.39, 0.29) is 5.91 Å². The summed E-state index contributed by atoms with van der Waals surface area (Å²) < 4.78 is 0.998. The Morgan fingerprint density at radius 2 is 2.16 bits per heavy atom. The predicted octanol–water partition coefficient (Wildman–Crippen LogP) is 4.01. The van der Waals surface area contributed by atoms with Gasteiger partial charge in [-0.25, -0.2) is 0 Å². The monoisotopic (exact) mass is 296 g/mol. The number of halogens is 1. The third-order valence-electron chi connectivity index (χ3n) is 3.05. The van der Waals surface area contributed by atoms with E-state index < -0.39 is 0 Å². The van der Waals surface area contributed by atoms with Crippen molar-refractivity contribution in [2.75, 3.05) is 18.8 Å². The maximum atomic E-state index is 12.5. The van der Waals surface area contributed by atoms with Crippen molar-refractivity contribution in [3.05, 3.63) is 28.1 Å². The van der Waals surface area contributed by atoms with Crippen LogP contribution in [0.2, 0.25) is 5.02 Å². The van der Waals surface area contributed by atoms with E-state index in [1.807, 2.05) is 30.0 Å². The summed E-state index contributed by atoms with van der Waals surface area (Å²) in [5.74, 6) is 0.0131. The van der Waals surface area contributed by atoms with Gasteiger partial charge in [0.05, 0.1) is 5.69 Å². The lowest BCUT2D eigenvalue weighted by Crippen LogP contribution is -2.31. The average molecular weight is 297 g/mol. The van der Waals surface area contributed by atoms with Gasteiger partial charge in [-0.3, -0.25) is 4.79 Å². The number of thiophene rings is 1. The normalized spacial score (nSPS) is 10.9. The number of amides is 1. The molecule has 0 bridgehead atoms.